The third-order valence-electron chi connectivity index (χ3n) is 2.86. The van der Waals surface area contributed by atoms with E-state index in [-0.39, 0.29) is 0 Å². The molecule has 3 aromatic rings. The molecule has 0 aliphatic rings. The Kier molecular flexibility index (Phi) is 3.31. The van der Waals surface area contributed by atoms with Crippen molar-refractivity contribution in [3.05, 3.63) is 33.1 Å². The van der Waals surface area contributed by atoms with E-state index >= 15 is 0 Å². The summed E-state index contributed by atoms with van der Waals surface area (Å²) in [5.74, 6) is 0.927. The monoisotopic (exact) mass is 350 g/mol. The zero-order chi connectivity index (χ0) is 14.3. The van der Waals surface area contributed by atoms with Crippen LogP contribution >= 0.6 is 27.3 Å². The van der Waals surface area contributed by atoms with Crippen LogP contribution in [0.25, 0.3) is 23.0 Å². The van der Waals surface area contributed by atoms with Gasteiger partial charge in [0.05, 0.1) is 0 Å². The highest BCUT2D eigenvalue weighted by atomic mass is 79.9. The van der Waals surface area contributed by atoms with Gasteiger partial charge in [0.15, 0.2) is 5.13 Å². The second kappa shape index (κ2) is 4.99. The predicted octanol–water partition coefficient (Wildman–Crippen LogP) is 3.82. The van der Waals surface area contributed by atoms with Gasteiger partial charge in [-0.3, -0.25) is 0 Å². The van der Waals surface area contributed by atoms with Gasteiger partial charge >= 0.3 is 0 Å². The minimum Gasteiger partial charge on any atom is -0.375 e. The average molecular weight is 351 g/mol. The van der Waals surface area contributed by atoms with Crippen LogP contribution in [0.4, 0.5) is 5.13 Å². The number of thiazole rings is 1. The van der Waals surface area contributed by atoms with Crippen molar-refractivity contribution in [2.45, 2.75) is 13.8 Å². The molecule has 0 bridgehead atoms. The second-order valence-corrected chi connectivity index (χ2v) is 6.10. The van der Waals surface area contributed by atoms with E-state index in [1.54, 1.807) is 5.38 Å². The van der Waals surface area contributed by atoms with E-state index in [9.17, 15) is 0 Å². The lowest BCUT2D eigenvalue weighted by Gasteiger charge is -2.04. The first-order chi connectivity index (χ1) is 9.54. The van der Waals surface area contributed by atoms with E-state index in [0.717, 1.165) is 21.2 Å². The average Bonchev–Trinajstić information content (AvgIpc) is 3.03. The van der Waals surface area contributed by atoms with E-state index in [2.05, 4.69) is 31.1 Å². The van der Waals surface area contributed by atoms with E-state index in [1.807, 2.05) is 26.0 Å². The van der Waals surface area contributed by atoms with Crippen molar-refractivity contribution in [2.75, 3.05) is 5.73 Å². The van der Waals surface area contributed by atoms with Gasteiger partial charge < -0.3 is 10.3 Å². The molecule has 0 atom stereocenters. The van der Waals surface area contributed by atoms with Crippen molar-refractivity contribution < 1.29 is 4.52 Å². The van der Waals surface area contributed by atoms with Crippen molar-refractivity contribution in [1.29, 1.82) is 0 Å². The quantitative estimate of drug-likeness (QED) is 0.759. The van der Waals surface area contributed by atoms with Crippen molar-refractivity contribution in [3.8, 4) is 23.0 Å². The van der Waals surface area contributed by atoms with Gasteiger partial charge in [-0.25, -0.2) is 4.98 Å². The fourth-order valence-corrected chi connectivity index (χ4v) is 2.67. The van der Waals surface area contributed by atoms with Gasteiger partial charge in [0.25, 0.3) is 5.89 Å². The van der Waals surface area contributed by atoms with Crippen LogP contribution in [0, 0.1) is 13.8 Å². The lowest BCUT2D eigenvalue weighted by molar-refractivity contribution is 0.431. The van der Waals surface area contributed by atoms with Gasteiger partial charge in [-0.15, -0.1) is 11.3 Å². The summed E-state index contributed by atoms with van der Waals surface area (Å²) < 4.78 is 6.34. The summed E-state index contributed by atoms with van der Waals surface area (Å²) in [6.07, 6.45) is 0. The molecule has 1 aromatic carbocycles. The molecule has 0 saturated carbocycles. The van der Waals surface area contributed by atoms with Gasteiger partial charge in [0, 0.05) is 15.4 Å². The van der Waals surface area contributed by atoms with Crippen LogP contribution in [-0.4, -0.2) is 15.1 Å². The summed E-state index contributed by atoms with van der Waals surface area (Å²) in [4.78, 5) is 8.50. The molecule has 0 radical (unpaired) electrons. The van der Waals surface area contributed by atoms with E-state index in [1.165, 1.54) is 11.3 Å². The van der Waals surface area contributed by atoms with Crippen LogP contribution in [0.2, 0.25) is 0 Å². The summed E-state index contributed by atoms with van der Waals surface area (Å²) >= 11 is 4.89. The van der Waals surface area contributed by atoms with Gasteiger partial charge in [-0.1, -0.05) is 21.1 Å². The van der Waals surface area contributed by atoms with Crippen LogP contribution in [0.15, 0.2) is 26.5 Å². The Balaban J connectivity index is 2.02. The Morgan fingerprint density at radius 3 is 2.50 bits per heavy atom. The Morgan fingerprint density at radius 2 is 1.90 bits per heavy atom. The molecule has 102 valence electrons. The molecule has 0 unspecified atom stereocenters. The van der Waals surface area contributed by atoms with Crippen LogP contribution in [0.1, 0.15) is 11.1 Å². The number of hydrogen-bond acceptors (Lipinski definition) is 6. The van der Waals surface area contributed by atoms with Crippen molar-refractivity contribution in [1.82, 2.24) is 15.1 Å². The number of nitrogens with zero attached hydrogens (tertiary/aromatic N) is 3. The number of aromatic nitrogens is 3. The molecule has 2 N–H and O–H groups in total. The van der Waals surface area contributed by atoms with Crippen LogP contribution in [0.5, 0.6) is 0 Å². The SMILES string of the molecule is Cc1cc(-c2noc(-c3csc(N)n3)n2)cc(C)c1Br. The maximum Gasteiger partial charge on any atom is 0.277 e. The Labute approximate surface area is 128 Å². The minimum atomic E-state index is 0.381. The minimum absolute atomic E-state index is 0.381. The van der Waals surface area contributed by atoms with E-state index in [4.69, 9.17) is 10.3 Å². The van der Waals surface area contributed by atoms with Crippen LogP contribution < -0.4 is 5.73 Å². The smallest absolute Gasteiger partial charge is 0.277 e. The van der Waals surface area contributed by atoms with Gasteiger partial charge in [-0.05, 0) is 37.1 Å². The number of anilines is 1. The standard InChI is InChI=1S/C13H11BrN4OS/c1-6-3-8(4-7(2)10(6)14)11-17-12(19-18-11)9-5-20-13(15)16-9/h3-5H,1-2H3,(H2,15,16). The zero-order valence-electron chi connectivity index (χ0n) is 10.8. The fraction of sp³-hybridized carbons (Fsp3) is 0.154. The highest BCUT2D eigenvalue weighted by Crippen LogP contribution is 2.29. The Bertz CT molecular complexity index is 757. The number of hydrogen-bond donors (Lipinski definition) is 1. The van der Waals surface area contributed by atoms with E-state index in [0.29, 0.717) is 22.5 Å². The second-order valence-electron chi connectivity index (χ2n) is 4.42. The topological polar surface area (TPSA) is 77.8 Å². The normalized spacial score (nSPS) is 10.9. The third-order valence-corrected chi connectivity index (χ3v) is 4.79. The van der Waals surface area contributed by atoms with Crippen LogP contribution in [-0.2, 0) is 0 Å². The molecule has 0 aliphatic heterocycles. The van der Waals surface area contributed by atoms with Gasteiger partial charge in [-0.2, -0.15) is 4.98 Å². The maximum atomic E-state index is 5.60. The molecule has 2 aromatic heterocycles. The lowest BCUT2D eigenvalue weighted by Crippen LogP contribution is -1.87. The molecule has 0 amide bonds. The van der Waals surface area contributed by atoms with Crippen molar-refractivity contribution in [2.24, 2.45) is 0 Å². The summed E-state index contributed by atoms with van der Waals surface area (Å²) in [6.45, 7) is 4.06. The first kappa shape index (κ1) is 13.3. The molecular formula is C13H11BrN4OS. The zero-order valence-corrected chi connectivity index (χ0v) is 13.2. The maximum absolute atomic E-state index is 5.60. The summed E-state index contributed by atoms with van der Waals surface area (Å²) in [5.41, 5.74) is 9.39. The van der Waals surface area contributed by atoms with Gasteiger partial charge in [0.1, 0.15) is 5.69 Å². The summed E-state index contributed by atoms with van der Waals surface area (Å²) in [5, 5.41) is 6.28. The molecule has 0 saturated heterocycles. The lowest BCUT2D eigenvalue weighted by atomic mass is 10.1. The van der Waals surface area contributed by atoms with Crippen molar-refractivity contribution >= 4 is 32.4 Å². The molecule has 2 heterocycles. The molecule has 5 nitrogen and oxygen atoms in total. The molecule has 7 heteroatoms. The third kappa shape index (κ3) is 2.34. The number of nitrogens with two attached hydrogens (primary N) is 1. The molecule has 0 spiro atoms. The molecule has 0 fully saturated rings. The summed E-state index contributed by atoms with van der Waals surface area (Å²) in [6, 6.07) is 4.03. The molecule has 0 aliphatic carbocycles. The number of benzene rings is 1. The predicted molar refractivity (Wildman–Crippen MR) is 82.4 cm³/mol. The Hall–Kier alpha value is -1.73. The number of nitrogen functional groups attached to an aromatic ring is 1. The first-order valence-electron chi connectivity index (χ1n) is 5.87. The van der Waals surface area contributed by atoms with Crippen molar-refractivity contribution in [3.63, 3.8) is 0 Å². The first-order valence-corrected chi connectivity index (χ1v) is 7.54. The number of halogens is 1. The largest absolute Gasteiger partial charge is 0.375 e. The van der Waals surface area contributed by atoms with Gasteiger partial charge in [0.2, 0.25) is 5.82 Å². The number of rotatable bonds is 2. The molecule has 3 rings (SSSR count). The highest BCUT2D eigenvalue weighted by molar-refractivity contribution is 9.10. The molecule has 20 heavy (non-hydrogen) atoms. The van der Waals surface area contributed by atoms with E-state index < -0.39 is 0 Å². The fourth-order valence-electron chi connectivity index (χ4n) is 1.91. The summed E-state index contributed by atoms with van der Waals surface area (Å²) in [7, 11) is 0. The van der Waals surface area contributed by atoms with Crippen LogP contribution in [0.3, 0.4) is 0 Å². The molecular weight excluding hydrogens is 340 g/mol. The highest BCUT2D eigenvalue weighted by Gasteiger charge is 2.14. The Morgan fingerprint density at radius 1 is 1.20 bits per heavy atom. The number of aryl methyl sites for hydroxylation is 2.